The number of rotatable bonds is 8. The Morgan fingerprint density at radius 3 is 0.738 bits per heavy atom. The molecule has 660 valence electrons. The lowest BCUT2D eigenvalue weighted by atomic mass is 9.67. The van der Waals surface area contributed by atoms with Gasteiger partial charge in [-0.05, 0) is 277 Å². The quantitative estimate of drug-likeness (QED) is 0.141. The Kier molecular flexibility index (Phi) is 18.9. The Labute approximate surface area is 825 Å². The van der Waals surface area contributed by atoms with Crippen LogP contribution in [0.5, 0.6) is 0 Å². The molecule has 30 rings (SSSR count). The summed E-state index contributed by atoms with van der Waals surface area (Å²) in [6.07, 6.45) is 10.7. The van der Waals surface area contributed by atoms with Gasteiger partial charge in [0.05, 0.1) is 38.5 Å². The van der Waals surface area contributed by atoms with Gasteiger partial charge in [0.15, 0.2) is 0 Å². The van der Waals surface area contributed by atoms with E-state index in [2.05, 4.69) is 433 Å². The summed E-state index contributed by atoms with van der Waals surface area (Å²) in [4.78, 5) is 28.4. The SMILES string of the molecule is CC1(C)c2cc(-c3ccc4sc5ccccc5c4c3)ccc2-c2ccc(-c3ccc4c(c3)c3ccccc3c3nccnc43)cc21.Cc1cc(-c2ccc3c(c2)c2ccccc2c2nccnc32)c(C)cc1-c1ccc2sc3ccccc3c2c1.c1ccc(C2(c3ccccc3)c3cc(-c4ccc5sc6ccccc6c5c4)ccc3-c3ccc(-c4ccc5c(c4)c4ccccc4c4nccnc54)cc32)cc1. The molecule has 28 aromatic rings. The molecule has 0 saturated heterocycles. The van der Waals surface area contributed by atoms with E-state index in [1.165, 1.54) is 226 Å². The maximum atomic E-state index is 4.81. The molecule has 2 aliphatic rings. The normalized spacial score (nSPS) is 12.9. The number of hydrogen-bond donors (Lipinski definition) is 0. The molecular formula is C132H84N6S3. The molecule has 0 unspecified atom stereocenters. The van der Waals surface area contributed by atoms with Gasteiger partial charge in [0.2, 0.25) is 0 Å². The van der Waals surface area contributed by atoms with Gasteiger partial charge >= 0.3 is 0 Å². The summed E-state index contributed by atoms with van der Waals surface area (Å²) in [5.74, 6) is 0. The molecule has 6 nitrogen and oxygen atoms in total. The van der Waals surface area contributed by atoms with Crippen molar-refractivity contribution in [3.05, 3.63) is 482 Å². The van der Waals surface area contributed by atoms with Crippen LogP contribution in [0.2, 0.25) is 0 Å². The van der Waals surface area contributed by atoms with Gasteiger partial charge in [-0.1, -0.05) is 317 Å². The van der Waals surface area contributed by atoms with Crippen LogP contribution in [0, 0.1) is 13.8 Å². The molecule has 9 heteroatoms. The second-order valence-corrected chi connectivity index (χ2v) is 41.5. The van der Waals surface area contributed by atoms with Crippen molar-refractivity contribution in [2.75, 3.05) is 0 Å². The average molecular weight is 1850 g/mol. The van der Waals surface area contributed by atoms with Gasteiger partial charge in [0.25, 0.3) is 0 Å². The molecule has 0 spiro atoms. The van der Waals surface area contributed by atoms with Crippen molar-refractivity contribution in [3.8, 4) is 89.0 Å². The molecule has 0 atom stereocenters. The number of thiophene rings is 3. The summed E-state index contributed by atoms with van der Waals surface area (Å²) in [6.45, 7) is 9.21. The third kappa shape index (κ3) is 13.0. The van der Waals surface area contributed by atoms with Crippen LogP contribution in [-0.4, -0.2) is 29.9 Å². The van der Waals surface area contributed by atoms with Gasteiger partial charge in [-0.25, -0.2) is 0 Å². The lowest BCUT2D eigenvalue weighted by molar-refractivity contribution is 0.661. The Balaban J connectivity index is 0.000000105. The predicted octanol–water partition coefficient (Wildman–Crippen LogP) is 36.2. The first-order valence-corrected chi connectivity index (χ1v) is 50.6. The van der Waals surface area contributed by atoms with Crippen molar-refractivity contribution >= 4 is 192 Å². The second kappa shape index (κ2) is 32.4. The molecule has 0 aliphatic heterocycles. The van der Waals surface area contributed by atoms with Crippen LogP contribution >= 0.6 is 34.0 Å². The van der Waals surface area contributed by atoms with Crippen molar-refractivity contribution in [3.63, 3.8) is 0 Å². The summed E-state index contributed by atoms with van der Waals surface area (Å²) in [6, 6.07) is 148. The van der Waals surface area contributed by atoms with Crippen LogP contribution < -0.4 is 0 Å². The molecule has 6 heterocycles. The minimum absolute atomic E-state index is 0.120. The van der Waals surface area contributed by atoms with E-state index in [1.807, 2.05) is 34.0 Å². The third-order valence-corrected chi connectivity index (χ3v) is 33.7. The van der Waals surface area contributed by atoms with E-state index in [-0.39, 0.29) is 5.41 Å². The van der Waals surface area contributed by atoms with Crippen molar-refractivity contribution in [2.24, 2.45) is 0 Å². The van der Waals surface area contributed by atoms with Crippen molar-refractivity contribution in [1.29, 1.82) is 0 Å². The van der Waals surface area contributed by atoms with E-state index in [0.717, 1.165) is 65.4 Å². The Morgan fingerprint density at radius 2 is 0.397 bits per heavy atom. The first-order valence-electron chi connectivity index (χ1n) is 48.2. The monoisotopic (exact) mass is 1850 g/mol. The van der Waals surface area contributed by atoms with Gasteiger partial charge < -0.3 is 0 Å². The first kappa shape index (κ1) is 82.3. The summed E-state index contributed by atoms with van der Waals surface area (Å²) in [5, 5.41) is 22.0. The number of nitrogens with zero attached hydrogens (tertiary/aromatic N) is 6. The fourth-order valence-electron chi connectivity index (χ4n) is 23.5. The Hall–Kier alpha value is -16.9. The highest BCUT2D eigenvalue weighted by molar-refractivity contribution is 7.26. The molecule has 0 saturated carbocycles. The van der Waals surface area contributed by atoms with Crippen LogP contribution in [0.4, 0.5) is 0 Å². The van der Waals surface area contributed by atoms with Crippen LogP contribution in [0.25, 0.3) is 247 Å². The fraction of sp³-hybridized carbons (Fsp3) is 0.0455. The van der Waals surface area contributed by atoms with E-state index in [0.29, 0.717) is 0 Å². The minimum atomic E-state index is -0.534. The van der Waals surface area contributed by atoms with Crippen LogP contribution in [-0.2, 0) is 10.8 Å². The largest absolute Gasteiger partial charge is 0.252 e. The number of hydrogen-bond acceptors (Lipinski definition) is 9. The first-order chi connectivity index (χ1) is 69.4. The number of fused-ring (bicyclic) bond motifs is 33. The lowest BCUT2D eigenvalue weighted by Crippen LogP contribution is -2.28. The zero-order valence-electron chi connectivity index (χ0n) is 77.5. The number of aromatic nitrogens is 6. The highest BCUT2D eigenvalue weighted by Gasteiger charge is 2.47. The van der Waals surface area contributed by atoms with E-state index < -0.39 is 5.41 Å². The smallest absolute Gasteiger partial charge is 0.0971 e. The summed E-state index contributed by atoms with van der Waals surface area (Å²) >= 11 is 5.60. The molecule has 0 N–H and O–H groups in total. The molecule has 22 aromatic carbocycles. The molecule has 0 fully saturated rings. The lowest BCUT2D eigenvalue weighted by Gasteiger charge is -2.34. The number of benzene rings is 22. The molecule has 2 aliphatic carbocycles. The van der Waals surface area contributed by atoms with Crippen LogP contribution in [0.15, 0.2) is 438 Å². The third-order valence-electron chi connectivity index (χ3n) is 30.2. The molecule has 6 aromatic heterocycles. The van der Waals surface area contributed by atoms with Gasteiger partial charge in [-0.2, -0.15) is 0 Å². The molecule has 0 radical (unpaired) electrons. The van der Waals surface area contributed by atoms with Crippen molar-refractivity contribution < 1.29 is 0 Å². The predicted molar refractivity (Wildman–Crippen MR) is 599 cm³/mol. The van der Waals surface area contributed by atoms with Gasteiger partial charge in [0, 0.05) is 135 Å². The topological polar surface area (TPSA) is 77.3 Å². The van der Waals surface area contributed by atoms with E-state index in [9.17, 15) is 0 Å². The molecular weight excluding hydrogens is 1770 g/mol. The maximum absolute atomic E-state index is 4.81. The zero-order valence-corrected chi connectivity index (χ0v) is 79.9. The number of aryl methyl sites for hydroxylation is 2. The highest BCUT2D eigenvalue weighted by Crippen LogP contribution is 2.59. The molecule has 0 bridgehead atoms. The van der Waals surface area contributed by atoms with E-state index in [1.54, 1.807) is 37.2 Å². The maximum Gasteiger partial charge on any atom is 0.0971 e. The van der Waals surface area contributed by atoms with Crippen molar-refractivity contribution in [2.45, 2.75) is 38.5 Å². The van der Waals surface area contributed by atoms with Gasteiger partial charge in [-0.3, -0.25) is 29.9 Å². The van der Waals surface area contributed by atoms with Crippen LogP contribution in [0.3, 0.4) is 0 Å². The Bertz CT molecular complexity index is 10000. The highest BCUT2D eigenvalue weighted by atomic mass is 32.1. The summed E-state index contributed by atoms with van der Waals surface area (Å²) in [7, 11) is 0. The van der Waals surface area contributed by atoms with Gasteiger partial charge in [0.1, 0.15) is 0 Å². The Morgan fingerprint density at radius 1 is 0.170 bits per heavy atom. The molecule has 141 heavy (non-hydrogen) atoms. The van der Waals surface area contributed by atoms with E-state index >= 15 is 0 Å². The van der Waals surface area contributed by atoms with Crippen molar-refractivity contribution in [1.82, 2.24) is 29.9 Å². The second-order valence-electron chi connectivity index (χ2n) is 38.2. The summed E-state index contributed by atoms with van der Waals surface area (Å²) in [5.41, 5.74) is 35.6. The standard InChI is InChI=1S/C53H32N2S.C43H28N2S.C36H24N2S/c1-3-11-37(12-4-1)53(38-13-5-2-6-14-38)47-31-35(33-21-25-44-45(29-33)39-15-7-8-17-43(39)51-52(44)55-28-27-54-51)19-23-40(47)41-24-20-36(32-48(41)53)34-22-26-50-46(30-34)42-16-9-10-18-49(42)56-50;1-43(2)37-23-27(25-13-17-34-35(21-25)29-7-3-4-9-33(29)41-42(34)45-20-19-44-41)11-15-30(37)31-16-12-28(24-38(31)43)26-14-18-40-36(22-26)32-8-5-6-10-39(32)46-40;1-21-18-30(24-12-14-34-32(20-24)26-8-5-6-10-33(26)39-34)22(2)17-29(21)23-11-13-28-31(19-23)25-7-3-4-9-27(25)35-36(28)38-16-15-37-35/h1-32H;3-24H,1-2H3;3-20H,1-2H3. The van der Waals surface area contributed by atoms with E-state index in [4.69, 9.17) is 24.9 Å². The fourth-order valence-corrected chi connectivity index (χ4v) is 26.8. The average Bonchev–Trinajstić information content (AvgIpc) is 1.53. The summed E-state index contributed by atoms with van der Waals surface area (Å²) < 4.78 is 8.02. The van der Waals surface area contributed by atoms with Gasteiger partial charge in [-0.15, -0.1) is 34.0 Å². The van der Waals surface area contributed by atoms with Crippen LogP contribution in [0.1, 0.15) is 58.4 Å². The molecule has 0 amide bonds. The zero-order chi connectivity index (χ0) is 93.5. The minimum Gasteiger partial charge on any atom is -0.252 e.